The van der Waals surface area contributed by atoms with Crippen LogP contribution in [0.15, 0.2) is 18.2 Å². The summed E-state index contributed by atoms with van der Waals surface area (Å²) in [5.41, 5.74) is 4.48. The number of rotatable bonds is 3. The minimum atomic E-state index is -4.53. The third kappa shape index (κ3) is 4.60. The number of hydrogen-bond acceptors (Lipinski definition) is 4. The van der Waals surface area contributed by atoms with Crippen molar-refractivity contribution in [2.75, 3.05) is 7.11 Å². The van der Waals surface area contributed by atoms with Crippen molar-refractivity contribution < 1.29 is 27.8 Å². The summed E-state index contributed by atoms with van der Waals surface area (Å²) in [5, 5.41) is 9.46. The van der Waals surface area contributed by atoms with Crippen molar-refractivity contribution in [3.8, 4) is 5.75 Å². The molecule has 19 heavy (non-hydrogen) atoms. The number of ether oxygens (including phenoxy) is 1. The minimum absolute atomic E-state index is 0. The molecule has 0 aliphatic carbocycles. The maximum atomic E-state index is 12.5. The number of nitrogens with two attached hydrogens (primary N) is 1. The number of aromatic hydroxyl groups is 1. The summed E-state index contributed by atoms with van der Waals surface area (Å²) >= 11 is 0. The van der Waals surface area contributed by atoms with Gasteiger partial charge in [0.25, 0.3) is 0 Å². The second-order valence-electron chi connectivity index (χ2n) is 3.66. The maximum absolute atomic E-state index is 12.5. The van der Waals surface area contributed by atoms with Crippen molar-refractivity contribution in [2.24, 2.45) is 5.73 Å². The van der Waals surface area contributed by atoms with E-state index in [4.69, 9.17) is 5.73 Å². The summed E-state index contributed by atoms with van der Waals surface area (Å²) in [4.78, 5) is 11.0. The van der Waals surface area contributed by atoms with E-state index in [1.54, 1.807) is 0 Å². The van der Waals surface area contributed by atoms with Crippen molar-refractivity contribution in [3.63, 3.8) is 0 Å². The van der Waals surface area contributed by atoms with Crippen molar-refractivity contribution >= 4 is 18.4 Å². The lowest BCUT2D eigenvalue weighted by atomic mass is 10.0. The average molecular weight is 300 g/mol. The second kappa shape index (κ2) is 6.63. The smallest absolute Gasteiger partial charge is 0.416 e. The van der Waals surface area contributed by atoms with E-state index >= 15 is 0 Å². The zero-order valence-corrected chi connectivity index (χ0v) is 10.7. The first kappa shape index (κ1) is 17.5. The number of hydrogen-bond donors (Lipinski definition) is 2. The molecule has 0 aliphatic heterocycles. The Morgan fingerprint density at radius 2 is 2.05 bits per heavy atom. The molecule has 4 nitrogen and oxygen atoms in total. The summed E-state index contributed by atoms with van der Waals surface area (Å²) in [6.45, 7) is 0. The topological polar surface area (TPSA) is 72.5 Å². The molecule has 1 rings (SSSR count). The van der Waals surface area contributed by atoms with E-state index in [0.717, 1.165) is 25.3 Å². The van der Waals surface area contributed by atoms with Crippen LogP contribution in [0.4, 0.5) is 13.2 Å². The predicted octanol–water partition coefficient (Wildman–Crippen LogP) is 2.40. The molecule has 0 bridgehead atoms. The number of carbonyl (C=O) groups excluding carboxylic acids is 1. The zero-order valence-electron chi connectivity index (χ0n) is 9.90. The highest BCUT2D eigenvalue weighted by molar-refractivity contribution is 5.85. The highest BCUT2D eigenvalue weighted by Gasteiger charge is 2.31. The molecule has 1 aromatic rings. The van der Waals surface area contributed by atoms with Crippen LogP contribution in [0.3, 0.4) is 0 Å². The zero-order chi connectivity index (χ0) is 13.9. The first-order valence-electron chi connectivity index (χ1n) is 4.98. The molecule has 0 saturated carbocycles. The first-order chi connectivity index (χ1) is 8.25. The van der Waals surface area contributed by atoms with Crippen LogP contribution in [0.25, 0.3) is 0 Å². The molecule has 0 radical (unpaired) electrons. The molecule has 0 aliphatic rings. The number of methoxy groups -OCH3 is 1. The van der Waals surface area contributed by atoms with Gasteiger partial charge in [0.2, 0.25) is 0 Å². The van der Waals surface area contributed by atoms with Crippen LogP contribution in [-0.2, 0) is 15.7 Å². The van der Waals surface area contributed by atoms with E-state index in [9.17, 15) is 23.1 Å². The third-order valence-electron chi connectivity index (χ3n) is 2.37. The van der Waals surface area contributed by atoms with Crippen LogP contribution in [0.2, 0.25) is 0 Å². The van der Waals surface area contributed by atoms with E-state index in [1.165, 1.54) is 0 Å². The Labute approximate surface area is 113 Å². The summed E-state index contributed by atoms with van der Waals surface area (Å²) in [5.74, 6) is -1.06. The van der Waals surface area contributed by atoms with Gasteiger partial charge in [-0.1, -0.05) is 0 Å². The van der Waals surface area contributed by atoms with E-state index in [1.807, 2.05) is 0 Å². The van der Waals surface area contributed by atoms with Gasteiger partial charge in [0.05, 0.1) is 19.1 Å². The van der Waals surface area contributed by atoms with Gasteiger partial charge >= 0.3 is 12.1 Å². The fraction of sp³-hybridized carbons (Fsp3) is 0.364. The number of halogens is 4. The number of carbonyl (C=O) groups is 1. The van der Waals surface area contributed by atoms with Crippen molar-refractivity contribution in [2.45, 2.75) is 18.6 Å². The summed E-state index contributed by atoms with van der Waals surface area (Å²) in [6.07, 6.45) is -4.85. The molecule has 0 aromatic heterocycles. The minimum Gasteiger partial charge on any atom is -0.508 e. The molecule has 0 amide bonds. The van der Waals surface area contributed by atoms with Crippen LogP contribution < -0.4 is 5.73 Å². The summed E-state index contributed by atoms with van der Waals surface area (Å²) in [7, 11) is 1.14. The molecular formula is C11H13ClF3NO3. The maximum Gasteiger partial charge on any atom is 0.416 e. The largest absolute Gasteiger partial charge is 0.508 e. The Balaban J connectivity index is 0.00000324. The lowest BCUT2D eigenvalue weighted by Crippen LogP contribution is -2.17. The Kier molecular flexibility index (Phi) is 6.11. The van der Waals surface area contributed by atoms with E-state index in [2.05, 4.69) is 4.74 Å². The van der Waals surface area contributed by atoms with Gasteiger partial charge in [-0.25, -0.2) is 0 Å². The molecule has 0 spiro atoms. The van der Waals surface area contributed by atoms with Crippen molar-refractivity contribution in [3.05, 3.63) is 29.3 Å². The predicted molar refractivity (Wildman–Crippen MR) is 63.9 cm³/mol. The fourth-order valence-corrected chi connectivity index (χ4v) is 1.40. The summed E-state index contributed by atoms with van der Waals surface area (Å²) < 4.78 is 41.8. The number of alkyl halides is 3. The number of esters is 1. The molecule has 108 valence electrons. The van der Waals surface area contributed by atoms with E-state index in [0.29, 0.717) is 0 Å². The first-order valence-corrected chi connectivity index (χ1v) is 4.98. The van der Waals surface area contributed by atoms with Gasteiger partial charge in [-0.15, -0.1) is 12.4 Å². The Hall–Kier alpha value is -1.47. The normalized spacial score (nSPS) is 12.5. The molecule has 1 atom stereocenters. The monoisotopic (exact) mass is 299 g/mol. The lowest BCUT2D eigenvalue weighted by Gasteiger charge is -2.15. The quantitative estimate of drug-likeness (QED) is 0.841. The van der Waals surface area contributed by atoms with Gasteiger partial charge in [0, 0.05) is 11.6 Å². The van der Waals surface area contributed by atoms with Crippen LogP contribution in [0.5, 0.6) is 5.75 Å². The third-order valence-corrected chi connectivity index (χ3v) is 2.37. The van der Waals surface area contributed by atoms with Gasteiger partial charge in [0.1, 0.15) is 5.75 Å². The standard InChI is InChI=1S/C11H12F3NO3.ClH/c1-18-10(17)5-8(15)7-4-6(11(12,13)14)2-3-9(7)16;/h2-4,8,16H,5,15H2,1H3;1H/t8-;/m1./s1. The fourth-order valence-electron chi connectivity index (χ4n) is 1.40. The lowest BCUT2D eigenvalue weighted by molar-refractivity contribution is -0.141. The highest BCUT2D eigenvalue weighted by Crippen LogP contribution is 2.34. The van der Waals surface area contributed by atoms with Gasteiger partial charge < -0.3 is 15.6 Å². The van der Waals surface area contributed by atoms with Gasteiger partial charge in [-0.2, -0.15) is 13.2 Å². The van der Waals surface area contributed by atoms with E-state index in [-0.39, 0.29) is 30.1 Å². The number of phenols is 1. The van der Waals surface area contributed by atoms with Gasteiger partial charge in [-0.05, 0) is 18.2 Å². The van der Waals surface area contributed by atoms with Gasteiger partial charge in [0.15, 0.2) is 0 Å². The molecule has 0 fully saturated rings. The Morgan fingerprint density at radius 3 is 2.53 bits per heavy atom. The Bertz CT molecular complexity index is 451. The molecule has 0 heterocycles. The SMILES string of the molecule is COC(=O)C[C@@H](N)c1cc(C(F)(F)F)ccc1O.Cl. The molecule has 1 aromatic carbocycles. The van der Waals surface area contributed by atoms with Crippen LogP contribution in [0.1, 0.15) is 23.6 Å². The molecular weight excluding hydrogens is 287 g/mol. The highest BCUT2D eigenvalue weighted by atomic mass is 35.5. The average Bonchev–Trinajstić information content (AvgIpc) is 2.27. The van der Waals surface area contributed by atoms with Crippen LogP contribution in [-0.4, -0.2) is 18.2 Å². The van der Waals surface area contributed by atoms with Crippen molar-refractivity contribution in [1.29, 1.82) is 0 Å². The number of benzene rings is 1. The number of phenolic OH excluding ortho intramolecular Hbond substituents is 1. The summed E-state index contributed by atoms with van der Waals surface area (Å²) in [6, 6.07) is 1.31. The van der Waals surface area contributed by atoms with Gasteiger partial charge in [-0.3, -0.25) is 4.79 Å². The second-order valence-corrected chi connectivity index (χ2v) is 3.66. The Morgan fingerprint density at radius 1 is 1.47 bits per heavy atom. The molecule has 0 saturated heterocycles. The van der Waals surface area contributed by atoms with Crippen LogP contribution in [0, 0.1) is 0 Å². The molecule has 3 N–H and O–H groups in total. The van der Waals surface area contributed by atoms with Crippen molar-refractivity contribution in [1.82, 2.24) is 0 Å². The van der Waals surface area contributed by atoms with Crippen LogP contribution >= 0.6 is 12.4 Å². The van der Waals surface area contributed by atoms with E-state index < -0.39 is 23.8 Å². The molecule has 8 heteroatoms. The molecule has 0 unspecified atom stereocenters.